The SMILES string of the molecule is Nc1ccc2nc(Oc3ccc4ccccc4c3)sc2c1. The molecule has 0 aliphatic carbocycles. The number of anilines is 1. The third kappa shape index (κ3) is 2.30. The molecule has 21 heavy (non-hydrogen) atoms. The Balaban J connectivity index is 1.71. The lowest BCUT2D eigenvalue weighted by atomic mass is 10.1. The van der Waals surface area contributed by atoms with Gasteiger partial charge in [0.05, 0.1) is 10.2 Å². The monoisotopic (exact) mass is 292 g/mol. The molecule has 0 spiro atoms. The number of benzene rings is 3. The first-order valence-corrected chi connectivity index (χ1v) is 7.42. The number of rotatable bonds is 2. The highest BCUT2D eigenvalue weighted by Gasteiger charge is 2.06. The molecule has 0 atom stereocenters. The summed E-state index contributed by atoms with van der Waals surface area (Å²) in [5.74, 6) is 0.792. The number of aromatic nitrogens is 1. The first-order valence-electron chi connectivity index (χ1n) is 6.61. The first-order chi connectivity index (χ1) is 10.3. The van der Waals surface area contributed by atoms with E-state index in [1.807, 2.05) is 42.5 Å². The van der Waals surface area contributed by atoms with Gasteiger partial charge in [0.25, 0.3) is 5.19 Å². The molecule has 0 bridgehead atoms. The topological polar surface area (TPSA) is 48.1 Å². The summed E-state index contributed by atoms with van der Waals surface area (Å²) in [5.41, 5.74) is 7.43. The minimum Gasteiger partial charge on any atom is -0.431 e. The molecule has 4 aromatic rings. The van der Waals surface area contributed by atoms with Gasteiger partial charge < -0.3 is 10.5 Å². The summed E-state index contributed by atoms with van der Waals surface area (Å²) in [6.07, 6.45) is 0. The van der Waals surface area contributed by atoms with Crippen LogP contribution in [0.3, 0.4) is 0 Å². The molecule has 0 aliphatic heterocycles. The summed E-state index contributed by atoms with van der Waals surface area (Å²) in [4.78, 5) is 4.47. The Hall–Kier alpha value is -2.59. The van der Waals surface area contributed by atoms with Gasteiger partial charge in [0.15, 0.2) is 0 Å². The zero-order valence-corrected chi connectivity index (χ0v) is 11.9. The van der Waals surface area contributed by atoms with Crippen LogP contribution in [-0.2, 0) is 0 Å². The van der Waals surface area contributed by atoms with Gasteiger partial charge in [-0.2, -0.15) is 0 Å². The Morgan fingerprint density at radius 1 is 0.905 bits per heavy atom. The zero-order chi connectivity index (χ0) is 14.2. The predicted molar refractivity (Wildman–Crippen MR) is 88.1 cm³/mol. The van der Waals surface area contributed by atoms with E-state index >= 15 is 0 Å². The Morgan fingerprint density at radius 2 is 1.76 bits per heavy atom. The summed E-state index contributed by atoms with van der Waals surface area (Å²) in [6.45, 7) is 0. The van der Waals surface area contributed by atoms with E-state index in [1.165, 1.54) is 16.7 Å². The third-order valence-electron chi connectivity index (χ3n) is 3.32. The van der Waals surface area contributed by atoms with Crippen LogP contribution in [0.5, 0.6) is 10.9 Å². The molecule has 4 heteroatoms. The van der Waals surface area contributed by atoms with Crippen molar-refractivity contribution in [1.82, 2.24) is 4.98 Å². The van der Waals surface area contributed by atoms with Crippen LogP contribution < -0.4 is 10.5 Å². The van der Waals surface area contributed by atoms with Crippen LogP contribution in [-0.4, -0.2) is 4.98 Å². The largest absolute Gasteiger partial charge is 0.431 e. The van der Waals surface area contributed by atoms with E-state index in [9.17, 15) is 0 Å². The fourth-order valence-electron chi connectivity index (χ4n) is 2.30. The van der Waals surface area contributed by atoms with Gasteiger partial charge in [0.2, 0.25) is 0 Å². The highest BCUT2D eigenvalue weighted by molar-refractivity contribution is 7.20. The zero-order valence-electron chi connectivity index (χ0n) is 11.1. The summed E-state index contributed by atoms with van der Waals surface area (Å²) in [6, 6.07) is 19.9. The minimum atomic E-state index is 0.630. The van der Waals surface area contributed by atoms with Gasteiger partial charge in [0, 0.05) is 5.69 Å². The van der Waals surface area contributed by atoms with E-state index in [4.69, 9.17) is 10.5 Å². The van der Waals surface area contributed by atoms with Gasteiger partial charge in [0.1, 0.15) is 5.75 Å². The van der Waals surface area contributed by atoms with Crippen molar-refractivity contribution < 1.29 is 4.74 Å². The lowest BCUT2D eigenvalue weighted by Gasteiger charge is -2.03. The molecule has 3 nitrogen and oxygen atoms in total. The van der Waals surface area contributed by atoms with E-state index in [1.54, 1.807) is 0 Å². The van der Waals surface area contributed by atoms with Crippen LogP contribution in [0.2, 0.25) is 0 Å². The van der Waals surface area contributed by atoms with Crippen molar-refractivity contribution in [2.75, 3.05) is 5.73 Å². The van der Waals surface area contributed by atoms with Crippen molar-refractivity contribution in [2.24, 2.45) is 0 Å². The summed E-state index contributed by atoms with van der Waals surface area (Å²) in [5, 5.41) is 2.98. The quantitative estimate of drug-likeness (QED) is 0.539. The Morgan fingerprint density at radius 3 is 2.67 bits per heavy atom. The van der Waals surface area contributed by atoms with Gasteiger partial charge in [-0.05, 0) is 41.1 Å². The summed E-state index contributed by atoms with van der Waals surface area (Å²) in [7, 11) is 0. The number of hydrogen-bond acceptors (Lipinski definition) is 4. The predicted octanol–water partition coefficient (Wildman–Crippen LogP) is 4.82. The van der Waals surface area contributed by atoms with Gasteiger partial charge in [-0.3, -0.25) is 0 Å². The molecular weight excluding hydrogens is 280 g/mol. The molecule has 0 fully saturated rings. The van der Waals surface area contributed by atoms with Crippen molar-refractivity contribution in [3.05, 3.63) is 60.7 Å². The first kappa shape index (κ1) is 12.2. The number of nitrogens with two attached hydrogens (primary N) is 1. The second kappa shape index (κ2) is 4.75. The van der Waals surface area contributed by atoms with Crippen molar-refractivity contribution >= 4 is 38.0 Å². The van der Waals surface area contributed by atoms with Crippen LogP contribution in [0.1, 0.15) is 0 Å². The smallest absolute Gasteiger partial charge is 0.279 e. The minimum absolute atomic E-state index is 0.630. The maximum Gasteiger partial charge on any atom is 0.279 e. The molecule has 3 aromatic carbocycles. The van der Waals surface area contributed by atoms with Crippen LogP contribution in [0.4, 0.5) is 5.69 Å². The highest BCUT2D eigenvalue weighted by atomic mass is 32.1. The average molecular weight is 292 g/mol. The molecule has 0 radical (unpaired) electrons. The standard InChI is InChI=1S/C17H12N2OS/c18-13-6-8-15-16(10-13)21-17(19-15)20-14-7-5-11-3-1-2-4-12(11)9-14/h1-10H,18H2. The van der Waals surface area contributed by atoms with Crippen molar-refractivity contribution in [3.63, 3.8) is 0 Å². The molecule has 102 valence electrons. The maximum absolute atomic E-state index is 5.88. The Bertz CT molecular complexity index is 946. The van der Waals surface area contributed by atoms with E-state index in [0.717, 1.165) is 27.0 Å². The molecule has 1 aromatic heterocycles. The average Bonchev–Trinajstić information content (AvgIpc) is 2.88. The van der Waals surface area contributed by atoms with Crippen LogP contribution in [0.25, 0.3) is 21.0 Å². The van der Waals surface area contributed by atoms with Crippen LogP contribution >= 0.6 is 11.3 Å². The maximum atomic E-state index is 5.88. The lowest BCUT2D eigenvalue weighted by Crippen LogP contribution is -1.83. The van der Waals surface area contributed by atoms with Crippen LogP contribution in [0.15, 0.2) is 60.7 Å². The number of hydrogen-bond donors (Lipinski definition) is 1. The lowest BCUT2D eigenvalue weighted by molar-refractivity contribution is 0.481. The van der Waals surface area contributed by atoms with Crippen molar-refractivity contribution in [2.45, 2.75) is 0 Å². The molecule has 4 rings (SSSR count). The number of fused-ring (bicyclic) bond motifs is 2. The number of nitrogens with zero attached hydrogens (tertiary/aromatic N) is 1. The van der Waals surface area contributed by atoms with Crippen molar-refractivity contribution in [3.8, 4) is 10.9 Å². The molecule has 0 saturated heterocycles. The van der Waals surface area contributed by atoms with Gasteiger partial charge >= 0.3 is 0 Å². The molecular formula is C17H12N2OS. The van der Waals surface area contributed by atoms with E-state index in [-0.39, 0.29) is 0 Å². The van der Waals surface area contributed by atoms with E-state index in [2.05, 4.69) is 23.2 Å². The molecule has 0 aliphatic rings. The normalized spacial score (nSPS) is 11.0. The fraction of sp³-hybridized carbons (Fsp3) is 0. The number of ether oxygens (including phenoxy) is 1. The third-order valence-corrected chi connectivity index (χ3v) is 4.22. The number of nitrogen functional groups attached to an aromatic ring is 1. The van der Waals surface area contributed by atoms with E-state index in [0.29, 0.717) is 5.19 Å². The van der Waals surface area contributed by atoms with Gasteiger partial charge in [-0.15, -0.1) is 0 Å². The Kier molecular flexibility index (Phi) is 2.75. The molecule has 0 unspecified atom stereocenters. The highest BCUT2D eigenvalue weighted by Crippen LogP contribution is 2.33. The fourth-order valence-corrected chi connectivity index (χ4v) is 3.18. The molecule has 0 saturated carbocycles. The second-order valence-electron chi connectivity index (χ2n) is 4.82. The van der Waals surface area contributed by atoms with Gasteiger partial charge in [-0.25, -0.2) is 4.98 Å². The second-order valence-corrected chi connectivity index (χ2v) is 5.81. The summed E-state index contributed by atoms with van der Waals surface area (Å²) >= 11 is 1.50. The molecule has 2 N–H and O–H groups in total. The van der Waals surface area contributed by atoms with E-state index < -0.39 is 0 Å². The Labute approximate surface area is 125 Å². The van der Waals surface area contributed by atoms with Crippen molar-refractivity contribution in [1.29, 1.82) is 0 Å². The van der Waals surface area contributed by atoms with Crippen LogP contribution in [0, 0.1) is 0 Å². The molecule has 1 heterocycles. The summed E-state index contributed by atoms with van der Waals surface area (Å²) < 4.78 is 6.91. The molecule has 0 amide bonds. The van der Waals surface area contributed by atoms with Gasteiger partial charge in [-0.1, -0.05) is 41.7 Å². The number of thiazole rings is 1.